The Morgan fingerprint density at radius 1 is 0.180 bits per heavy atom. The molecule has 0 fully saturated rings. The Labute approximate surface area is 331 Å². The molecule has 0 aliphatic rings. The first-order chi connectivity index (χ1) is 23.8. The molecule has 50 heavy (non-hydrogen) atoms. The van der Waals surface area contributed by atoms with E-state index in [1.807, 2.05) is 109 Å². The Morgan fingerprint density at radius 3 is 0.420 bits per heavy atom. The number of hydrogen-bond acceptors (Lipinski definition) is 0. The monoisotopic (exact) mass is 830 g/mol. The van der Waals surface area contributed by atoms with Gasteiger partial charge in [-0.15, -0.1) is 0 Å². The van der Waals surface area contributed by atoms with Crippen molar-refractivity contribution in [2.24, 2.45) is 0 Å². The second kappa shape index (κ2) is 28.4. The zero-order valence-electron chi connectivity index (χ0n) is 27.9. The van der Waals surface area contributed by atoms with E-state index in [0.29, 0.717) is 0 Å². The van der Waals surface area contributed by atoms with Crippen molar-refractivity contribution in [1.29, 1.82) is 0 Å². The van der Waals surface area contributed by atoms with Gasteiger partial charge in [-0.2, -0.15) is 0 Å². The average Bonchev–Trinajstić information content (AvgIpc) is 3.17. The molecule has 0 aromatic heterocycles. The van der Waals surface area contributed by atoms with E-state index in [-0.39, 0.29) is 40.8 Å². The van der Waals surface area contributed by atoms with Gasteiger partial charge in [0.05, 0.1) is 0 Å². The minimum Gasteiger partial charge on any atom is -0.0622 e. The Bertz CT molecular complexity index is 1250. The van der Waals surface area contributed by atoms with Gasteiger partial charge in [0, 0.05) is 0 Å². The van der Waals surface area contributed by atoms with Crippen LogP contribution >= 0.6 is 0 Å². The van der Waals surface area contributed by atoms with Gasteiger partial charge in [-0.05, 0) is 110 Å². The zero-order chi connectivity index (χ0) is 33.2. The molecule has 0 N–H and O–H groups in total. The van der Waals surface area contributed by atoms with Crippen LogP contribution in [0.2, 0.25) is 0 Å². The van der Waals surface area contributed by atoms with Crippen molar-refractivity contribution in [3.63, 3.8) is 0 Å². The summed E-state index contributed by atoms with van der Waals surface area (Å²) in [5.74, 6) is 0. The molecule has 250 valence electrons. The second-order valence-corrected chi connectivity index (χ2v) is 10.6. The fourth-order valence-electron chi connectivity index (χ4n) is 4.38. The van der Waals surface area contributed by atoms with Gasteiger partial charge < -0.3 is 0 Å². The predicted octanol–water partition coefficient (Wildman–Crippen LogP) is 11.7. The average molecular weight is 832 g/mol. The third-order valence-electron chi connectivity index (χ3n) is 6.86. The van der Waals surface area contributed by atoms with Crippen LogP contribution in [0.15, 0.2) is 182 Å². The van der Waals surface area contributed by atoms with E-state index in [1.165, 1.54) is 33.4 Å². The Hall–Kier alpha value is -3.36. The van der Waals surface area contributed by atoms with E-state index in [2.05, 4.69) is 150 Å². The standard InChI is InChI=1S/3C16H14.2Pd/c3*1-3-9-15(10-4-1)13-7-8-14-16-11-5-2-6-12-16;;/h3*1-14H;;/q;;;2*+2. The molecule has 6 aromatic rings. The van der Waals surface area contributed by atoms with Crippen LogP contribution in [0.4, 0.5) is 0 Å². The van der Waals surface area contributed by atoms with Gasteiger partial charge in [0.1, 0.15) is 0 Å². The third-order valence-corrected chi connectivity index (χ3v) is 6.86. The topological polar surface area (TPSA) is 0 Å². The van der Waals surface area contributed by atoms with E-state index in [1.54, 1.807) is 0 Å². The molecule has 0 bridgehead atoms. The minimum atomic E-state index is 0. The SMILES string of the molecule is [CH]([CH][CH]c1ccccc1)[CH]c1ccccc1.[CH]([CH][CH]c1ccccc1)[CH]c1ccccc1.[CH]([CH][CH]c1ccccc1)[CH]c1ccccc1.[Pd+2].[Pd+2]. The Balaban J connectivity index is 0.000000255. The number of hydrogen-bond donors (Lipinski definition) is 0. The summed E-state index contributed by atoms with van der Waals surface area (Å²) in [6, 6.07) is 61.7. The van der Waals surface area contributed by atoms with Crippen LogP contribution in [0.25, 0.3) is 0 Å². The van der Waals surface area contributed by atoms with E-state index in [4.69, 9.17) is 0 Å². The first-order valence-electron chi connectivity index (χ1n) is 16.2. The summed E-state index contributed by atoms with van der Waals surface area (Å²) in [5, 5.41) is 0. The summed E-state index contributed by atoms with van der Waals surface area (Å²) in [6.07, 6.45) is 24.9. The van der Waals surface area contributed by atoms with Crippen LogP contribution < -0.4 is 0 Å². The molecule has 0 saturated carbocycles. The van der Waals surface area contributed by atoms with Crippen molar-refractivity contribution in [3.8, 4) is 0 Å². The van der Waals surface area contributed by atoms with E-state index in [0.717, 1.165) is 0 Å². The quantitative estimate of drug-likeness (QED) is 0.0714. The van der Waals surface area contributed by atoms with Crippen molar-refractivity contribution < 1.29 is 40.8 Å². The Kier molecular flexibility index (Phi) is 24.3. The summed E-state index contributed by atoms with van der Waals surface area (Å²) in [4.78, 5) is 0. The molecule has 6 rings (SSSR count). The largest absolute Gasteiger partial charge is 2.00 e. The van der Waals surface area contributed by atoms with Crippen molar-refractivity contribution >= 4 is 0 Å². The van der Waals surface area contributed by atoms with Gasteiger partial charge in [-0.25, -0.2) is 0 Å². The molecule has 2 heteroatoms. The van der Waals surface area contributed by atoms with Gasteiger partial charge in [0.2, 0.25) is 0 Å². The summed E-state index contributed by atoms with van der Waals surface area (Å²) in [6.45, 7) is 0. The first-order valence-corrected chi connectivity index (χ1v) is 16.2. The van der Waals surface area contributed by atoms with E-state index < -0.39 is 0 Å². The van der Waals surface area contributed by atoms with Crippen molar-refractivity contribution in [1.82, 2.24) is 0 Å². The molecule has 12 radical (unpaired) electrons. The van der Waals surface area contributed by atoms with Crippen molar-refractivity contribution in [3.05, 3.63) is 292 Å². The Morgan fingerprint density at radius 2 is 0.300 bits per heavy atom. The molecule has 0 heterocycles. The molecular weight excluding hydrogens is 789 g/mol. The minimum absolute atomic E-state index is 0. The van der Waals surface area contributed by atoms with Gasteiger partial charge in [0.25, 0.3) is 0 Å². The van der Waals surface area contributed by atoms with Crippen LogP contribution in [0.3, 0.4) is 0 Å². The fraction of sp³-hybridized carbons (Fsp3) is 0. The maximum absolute atomic E-state index is 2.10. The molecule has 0 amide bonds. The zero-order valence-corrected chi connectivity index (χ0v) is 31.0. The van der Waals surface area contributed by atoms with Crippen LogP contribution in [0, 0.1) is 77.0 Å². The number of unbranched alkanes of at least 4 members (excludes halogenated alkanes) is 3. The molecule has 0 atom stereocenters. The van der Waals surface area contributed by atoms with Crippen molar-refractivity contribution in [2.75, 3.05) is 0 Å². The molecule has 0 aliphatic heterocycles. The smallest absolute Gasteiger partial charge is 0.0622 e. The van der Waals surface area contributed by atoms with Crippen LogP contribution in [-0.2, 0) is 40.8 Å². The van der Waals surface area contributed by atoms with Gasteiger partial charge >= 0.3 is 40.8 Å². The summed E-state index contributed by atoms with van der Waals surface area (Å²) in [7, 11) is 0. The second-order valence-electron chi connectivity index (χ2n) is 10.6. The normalized spacial score (nSPS) is 9.84. The number of benzene rings is 6. The van der Waals surface area contributed by atoms with Crippen LogP contribution in [0.1, 0.15) is 33.4 Å². The molecule has 6 aromatic carbocycles. The number of rotatable bonds is 15. The van der Waals surface area contributed by atoms with Crippen LogP contribution in [-0.4, -0.2) is 0 Å². The molecule has 0 aliphatic carbocycles. The van der Waals surface area contributed by atoms with Gasteiger partial charge in [-0.3, -0.25) is 0 Å². The summed E-state index contributed by atoms with van der Waals surface area (Å²) >= 11 is 0. The predicted molar refractivity (Wildman–Crippen MR) is 205 cm³/mol. The molecule has 0 spiro atoms. The third kappa shape index (κ3) is 19.7. The summed E-state index contributed by atoms with van der Waals surface area (Å²) in [5.41, 5.74) is 7.33. The molecule has 0 saturated heterocycles. The maximum Gasteiger partial charge on any atom is 2.00 e. The van der Waals surface area contributed by atoms with Gasteiger partial charge in [-0.1, -0.05) is 182 Å². The summed E-state index contributed by atoms with van der Waals surface area (Å²) < 4.78 is 0. The molecule has 0 unspecified atom stereocenters. The van der Waals surface area contributed by atoms with E-state index in [9.17, 15) is 0 Å². The van der Waals surface area contributed by atoms with Gasteiger partial charge in [0.15, 0.2) is 0 Å². The fourth-order valence-corrected chi connectivity index (χ4v) is 4.38. The first kappa shape index (κ1) is 42.8. The van der Waals surface area contributed by atoms with E-state index >= 15 is 0 Å². The molecular formula is C48H42Pd2+4. The molecule has 0 nitrogen and oxygen atoms in total. The maximum atomic E-state index is 2.10. The van der Waals surface area contributed by atoms with Crippen molar-refractivity contribution in [2.45, 2.75) is 0 Å². The van der Waals surface area contributed by atoms with Crippen LogP contribution in [0.5, 0.6) is 0 Å².